The molecule has 0 aliphatic heterocycles. The molecule has 0 bridgehead atoms. The quantitative estimate of drug-likeness (QED) is 0.883. The van der Waals surface area contributed by atoms with Gasteiger partial charge in [0.25, 0.3) is 0 Å². The Hall–Kier alpha value is -1.31. The zero-order valence-corrected chi connectivity index (χ0v) is 13.4. The predicted molar refractivity (Wildman–Crippen MR) is 84.1 cm³/mol. The first-order valence-electron chi connectivity index (χ1n) is 5.76. The number of hydrogen-bond donors (Lipinski definition) is 2. The van der Waals surface area contributed by atoms with E-state index in [0.717, 1.165) is 21.8 Å². The number of halogens is 1. The van der Waals surface area contributed by atoms with Gasteiger partial charge in [0.2, 0.25) is 10.0 Å². The number of sulfonamides is 1. The number of aromatic nitrogens is 1. The Morgan fingerprint density at radius 2 is 2.15 bits per heavy atom. The normalized spacial score (nSPS) is 11.3. The van der Waals surface area contributed by atoms with Crippen LogP contribution in [0, 0.1) is 6.92 Å². The summed E-state index contributed by atoms with van der Waals surface area (Å²) in [7, 11) is -3.33. The lowest BCUT2D eigenvalue weighted by Crippen LogP contribution is -2.10. The van der Waals surface area contributed by atoms with Crippen molar-refractivity contribution in [1.29, 1.82) is 0 Å². The molecular formula is C12H14ClN3O2S2. The van der Waals surface area contributed by atoms with Gasteiger partial charge in [0.05, 0.1) is 28.5 Å². The van der Waals surface area contributed by atoms with E-state index < -0.39 is 10.0 Å². The summed E-state index contributed by atoms with van der Waals surface area (Å²) in [5.41, 5.74) is 1.19. The molecule has 0 aliphatic carbocycles. The molecule has 0 atom stereocenters. The lowest BCUT2D eigenvalue weighted by Gasteiger charge is -2.09. The van der Waals surface area contributed by atoms with Crippen molar-refractivity contribution >= 4 is 44.3 Å². The van der Waals surface area contributed by atoms with Crippen molar-refractivity contribution in [2.75, 3.05) is 16.3 Å². The van der Waals surface area contributed by atoms with Gasteiger partial charge in [-0.25, -0.2) is 13.4 Å². The number of thiazole rings is 1. The van der Waals surface area contributed by atoms with Crippen LogP contribution in [0.1, 0.15) is 9.88 Å². The van der Waals surface area contributed by atoms with Crippen molar-refractivity contribution in [1.82, 2.24) is 4.98 Å². The summed E-state index contributed by atoms with van der Waals surface area (Å²) >= 11 is 7.67. The maximum Gasteiger partial charge on any atom is 0.229 e. The molecule has 0 amide bonds. The minimum Gasteiger partial charge on any atom is -0.380 e. The van der Waals surface area contributed by atoms with Crippen LogP contribution >= 0.6 is 22.9 Å². The molecule has 20 heavy (non-hydrogen) atoms. The summed E-state index contributed by atoms with van der Waals surface area (Å²) in [6.07, 6.45) is 2.91. The second kappa shape index (κ2) is 5.99. The molecule has 8 heteroatoms. The van der Waals surface area contributed by atoms with Gasteiger partial charge in [-0.1, -0.05) is 11.6 Å². The average molecular weight is 332 g/mol. The zero-order valence-electron chi connectivity index (χ0n) is 11.0. The maximum atomic E-state index is 11.2. The van der Waals surface area contributed by atoms with Crippen LogP contribution in [0.2, 0.25) is 5.02 Å². The van der Waals surface area contributed by atoms with E-state index in [1.807, 2.05) is 13.1 Å². The fourth-order valence-corrected chi connectivity index (χ4v) is 3.18. The van der Waals surface area contributed by atoms with Crippen molar-refractivity contribution in [2.24, 2.45) is 0 Å². The van der Waals surface area contributed by atoms with E-state index in [4.69, 9.17) is 11.6 Å². The maximum absolute atomic E-state index is 11.2. The van der Waals surface area contributed by atoms with Crippen molar-refractivity contribution in [3.05, 3.63) is 39.3 Å². The van der Waals surface area contributed by atoms with Crippen LogP contribution in [-0.4, -0.2) is 19.7 Å². The second-order valence-electron chi connectivity index (χ2n) is 4.27. The monoisotopic (exact) mass is 331 g/mol. The van der Waals surface area contributed by atoms with E-state index in [1.165, 1.54) is 0 Å². The molecule has 5 nitrogen and oxygen atoms in total. The molecule has 2 aromatic rings. The third-order valence-corrected chi connectivity index (χ3v) is 4.22. The Balaban J connectivity index is 2.05. The van der Waals surface area contributed by atoms with Crippen LogP contribution in [0.25, 0.3) is 0 Å². The summed E-state index contributed by atoms with van der Waals surface area (Å²) < 4.78 is 24.7. The van der Waals surface area contributed by atoms with E-state index in [2.05, 4.69) is 15.0 Å². The van der Waals surface area contributed by atoms with Crippen molar-refractivity contribution in [2.45, 2.75) is 13.5 Å². The van der Waals surface area contributed by atoms with Crippen LogP contribution < -0.4 is 10.0 Å². The molecule has 2 rings (SSSR count). The molecule has 0 saturated heterocycles. The van der Waals surface area contributed by atoms with Gasteiger partial charge in [-0.05, 0) is 25.1 Å². The number of anilines is 2. The number of benzene rings is 1. The summed E-state index contributed by atoms with van der Waals surface area (Å²) in [4.78, 5) is 5.30. The van der Waals surface area contributed by atoms with E-state index in [1.54, 1.807) is 29.5 Å². The molecule has 0 unspecified atom stereocenters. The SMILES string of the molecule is Cc1ncc(CNc2ccc(NS(C)(=O)=O)c(Cl)c2)s1. The first-order valence-corrected chi connectivity index (χ1v) is 8.84. The molecule has 0 aliphatic rings. The smallest absolute Gasteiger partial charge is 0.229 e. The predicted octanol–water partition coefficient (Wildman–Crippen LogP) is 3.09. The second-order valence-corrected chi connectivity index (χ2v) is 7.74. The minimum atomic E-state index is -3.33. The summed E-state index contributed by atoms with van der Waals surface area (Å²) in [5.74, 6) is 0. The average Bonchev–Trinajstić information content (AvgIpc) is 2.74. The van der Waals surface area contributed by atoms with Crippen molar-refractivity contribution in [3.8, 4) is 0 Å². The number of hydrogen-bond acceptors (Lipinski definition) is 5. The van der Waals surface area contributed by atoms with E-state index in [9.17, 15) is 8.42 Å². The van der Waals surface area contributed by atoms with Gasteiger partial charge < -0.3 is 5.32 Å². The zero-order chi connectivity index (χ0) is 14.8. The topological polar surface area (TPSA) is 71.1 Å². The largest absolute Gasteiger partial charge is 0.380 e. The highest BCUT2D eigenvalue weighted by atomic mass is 35.5. The number of nitrogens with one attached hydrogen (secondary N) is 2. The fraction of sp³-hybridized carbons (Fsp3) is 0.250. The van der Waals surface area contributed by atoms with Gasteiger partial charge in [-0.2, -0.15) is 0 Å². The van der Waals surface area contributed by atoms with Crippen LogP contribution in [0.5, 0.6) is 0 Å². The van der Waals surface area contributed by atoms with Crippen LogP contribution in [-0.2, 0) is 16.6 Å². The van der Waals surface area contributed by atoms with Crippen molar-refractivity contribution in [3.63, 3.8) is 0 Å². The Kier molecular flexibility index (Phi) is 4.52. The van der Waals surface area contributed by atoms with Crippen LogP contribution in [0.15, 0.2) is 24.4 Å². The Morgan fingerprint density at radius 3 is 2.70 bits per heavy atom. The molecule has 1 heterocycles. The Bertz CT molecular complexity index is 713. The summed E-state index contributed by atoms with van der Waals surface area (Å²) in [6, 6.07) is 5.08. The highest BCUT2D eigenvalue weighted by molar-refractivity contribution is 7.92. The van der Waals surface area contributed by atoms with Gasteiger partial charge in [0.1, 0.15) is 0 Å². The van der Waals surface area contributed by atoms with Gasteiger partial charge in [0.15, 0.2) is 0 Å². The van der Waals surface area contributed by atoms with Gasteiger partial charge in [-0.3, -0.25) is 4.72 Å². The molecular weight excluding hydrogens is 318 g/mol. The molecule has 0 spiro atoms. The third kappa shape index (κ3) is 4.36. The molecule has 2 N–H and O–H groups in total. The fourth-order valence-electron chi connectivity index (χ4n) is 1.58. The molecule has 108 valence electrons. The van der Waals surface area contributed by atoms with Crippen molar-refractivity contribution < 1.29 is 8.42 Å². The molecule has 1 aromatic carbocycles. The number of aryl methyl sites for hydroxylation is 1. The van der Waals surface area contributed by atoms with E-state index >= 15 is 0 Å². The first kappa shape index (κ1) is 15.1. The minimum absolute atomic E-state index is 0.348. The Labute approximate surface area is 127 Å². The number of rotatable bonds is 5. The highest BCUT2D eigenvalue weighted by Gasteiger charge is 2.07. The molecule has 0 saturated carbocycles. The lowest BCUT2D eigenvalue weighted by molar-refractivity contribution is 0.607. The van der Waals surface area contributed by atoms with Gasteiger partial charge in [0, 0.05) is 16.8 Å². The lowest BCUT2D eigenvalue weighted by atomic mass is 10.3. The van der Waals surface area contributed by atoms with E-state index in [0.29, 0.717) is 17.3 Å². The molecule has 0 fully saturated rings. The summed E-state index contributed by atoms with van der Waals surface area (Å²) in [6.45, 7) is 2.61. The third-order valence-electron chi connectivity index (χ3n) is 2.40. The molecule has 1 aromatic heterocycles. The van der Waals surface area contributed by atoms with E-state index in [-0.39, 0.29) is 0 Å². The number of nitrogens with zero attached hydrogens (tertiary/aromatic N) is 1. The van der Waals surface area contributed by atoms with Crippen LogP contribution in [0.3, 0.4) is 0 Å². The van der Waals surface area contributed by atoms with Crippen LogP contribution in [0.4, 0.5) is 11.4 Å². The Morgan fingerprint density at radius 1 is 1.40 bits per heavy atom. The van der Waals surface area contributed by atoms with Gasteiger partial charge in [-0.15, -0.1) is 11.3 Å². The highest BCUT2D eigenvalue weighted by Crippen LogP contribution is 2.26. The van der Waals surface area contributed by atoms with Gasteiger partial charge >= 0.3 is 0 Å². The first-order chi connectivity index (χ1) is 9.33. The summed E-state index contributed by atoms with van der Waals surface area (Å²) in [5, 5.41) is 4.58. The standard InChI is InChI=1S/C12H14ClN3O2S2/c1-8-14-6-10(19-8)7-15-9-3-4-12(11(13)5-9)16-20(2,17)18/h3-6,15-16H,7H2,1-2H3. The molecule has 0 radical (unpaired) electrons.